The van der Waals surface area contributed by atoms with Gasteiger partial charge in [0.2, 0.25) is 0 Å². The Kier molecular flexibility index (Phi) is 3.96. The summed E-state index contributed by atoms with van der Waals surface area (Å²) in [4.78, 5) is 24.9. The summed E-state index contributed by atoms with van der Waals surface area (Å²) in [7, 11) is 0. The van der Waals surface area contributed by atoms with Crippen LogP contribution in [0.15, 0.2) is 41.0 Å². The van der Waals surface area contributed by atoms with Crippen molar-refractivity contribution in [1.29, 1.82) is 0 Å². The van der Waals surface area contributed by atoms with Gasteiger partial charge in [-0.05, 0) is 22.0 Å². The number of aromatic nitrogens is 1. The van der Waals surface area contributed by atoms with Crippen LogP contribution in [0.4, 0.5) is 5.69 Å². The fraction of sp³-hybridized carbons (Fsp3) is 0.0833. The van der Waals surface area contributed by atoms with Crippen LogP contribution in [-0.2, 0) is 6.54 Å². The monoisotopic (exact) mass is 323 g/mol. The average molecular weight is 324 g/mol. The summed E-state index contributed by atoms with van der Waals surface area (Å²) in [6, 6.07) is 7.94. The standard InChI is InChI=1S/C12H10BrN3O3/c13-9-5-10(14-7-9)12(17)15-6-8-3-1-2-4-11(8)16(18)19/h1-5,7,14H,6H2,(H,15,17). The zero-order valence-electron chi connectivity index (χ0n) is 9.72. The summed E-state index contributed by atoms with van der Waals surface area (Å²) >= 11 is 3.23. The number of nitro benzene ring substituents is 1. The zero-order chi connectivity index (χ0) is 13.8. The first-order valence-corrected chi connectivity index (χ1v) is 6.21. The van der Waals surface area contributed by atoms with Crippen LogP contribution in [0.25, 0.3) is 0 Å². The van der Waals surface area contributed by atoms with Gasteiger partial charge >= 0.3 is 0 Å². The predicted octanol–water partition coefficient (Wildman–Crippen LogP) is 2.62. The Morgan fingerprint density at radius 3 is 2.79 bits per heavy atom. The van der Waals surface area contributed by atoms with Crippen molar-refractivity contribution in [2.75, 3.05) is 0 Å². The van der Waals surface area contributed by atoms with Crippen molar-refractivity contribution < 1.29 is 9.72 Å². The van der Waals surface area contributed by atoms with Crippen molar-refractivity contribution in [3.8, 4) is 0 Å². The second kappa shape index (κ2) is 5.66. The molecule has 19 heavy (non-hydrogen) atoms. The fourth-order valence-electron chi connectivity index (χ4n) is 1.61. The molecule has 0 aliphatic rings. The molecule has 6 nitrogen and oxygen atoms in total. The number of aromatic amines is 1. The van der Waals surface area contributed by atoms with E-state index in [9.17, 15) is 14.9 Å². The van der Waals surface area contributed by atoms with Gasteiger partial charge in [-0.15, -0.1) is 0 Å². The van der Waals surface area contributed by atoms with Crippen molar-refractivity contribution in [3.05, 3.63) is 62.4 Å². The Morgan fingerprint density at radius 2 is 2.16 bits per heavy atom. The maximum absolute atomic E-state index is 11.8. The third-order valence-corrected chi connectivity index (χ3v) is 2.98. The SMILES string of the molecule is O=C(NCc1ccccc1[N+](=O)[O-])c1cc(Br)c[nH]1. The molecule has 7 heteroatoms. The molecule has 0 spiro atoms. The number of hydrogen-bond acceptors (Lipinski definition) is 3. The quantitative estimate of drug-likeness (QED) is 0.669. The molecular formula is C12H10BrN3O3. The number of amides is 1. The van der Waals surface area contributed by atoms with Crippen LogP contribution >= 0.6 is 15.9 Å². The summed E-state index contributed by atoms with van der Waals surface area (Å²) in [6.07, 6.45) is 1.64. The van der Waals surface area contributed by atoms with E-state index in [0.717, 1.165) is 4.47 Å². The highest BCUT2D eigenvalue weighted by atomic mass is 79.9. The molecule has 1 amide bonds. The Labute approximate surface area is 117 Å². The molecule has 0 unspecified atom stereocenters. The number of para-hydroxylation sites is 1. The molecular weight excluding hydrogens is 314 g/mol. The third kappa shape index (κ3) is 3.19. The number of benzene rings is 1. The first kappa shape index (κ1) is 13.3. The highest BCUT2D eigenvalue weighted by molar-refractivity contribution is 9.10. The second-order valence-electron chi connectivity index (χ2n) is 3.80. The van der Waals surface area contributed by atoms with E-state index < -0.39 is 4.92 Å². The number of hydrogen-bond donors (Lipinski definition) is 2. The molecule has 2 aromatic rings. The number of halogens is 1. The van der Waals surface area contributed by atoms with Crippen LogP contribution in [0, 0.1) is 10.1 Å². The van der Waals surface area contributed by atoms with Gasteiger partial charge < -0.3 is 10.3 Å². The van der Waals surface area contributed by atoms with E-state index in [1.54, 1.807) is 30.5 Å². The Hall–Kier alpha value is -2.15. The predicted molar refractivity (Wildman–Crippen MR) is 72.8 cm³/mol. The second-order valence-corrected chi connectivity index (χ2v) is 4.72. The number of carbonyl (C=O) groups excluding carboxylic acids is 1. The van der Waals surface area contributed by atoms with Gasteiger partial charge in [0, 0.05) is 28.8 Å². The van der Waals surface area contributed by atoms with Crippen molar-refractivity contribution >= 4 is 27.5 Å². The molecule has 1 aromatic heterocycles. The van der Waals surface area contributed by atoms with Crippen LogP contribution in [-0.4, -0.2) is 15.8 Å². The lowest BCUT2D eigenvalue weighted by atomic mass is 10.2. The van der Waals surface area contributed by atoms with Gasteiger partial charge in [-0.25, -0.2) is 0 Å². The number of carbonyl (C=O) groups is 1. The minimum absolute atomic E-state index is 0.00420. The van der Waals surface area contributed by atoms with Gasteiger partial charge in [-0.3, -0.25) is 14.9 Å². The maximum atomic E-state index is 11.8. The van der Waals surface area contributed by atoms with E-state index in [-0.39, 0.29) is 18.1 Å². The topological polar surface area (TPSA) is 88.0 Å². The number of nitro groups is 1. The smallest absolute Gasteiger partial charge is 0.274 e. The van der Waals surface area contributed by atoms with Gasteiger partial charge in [0.25, 0.3) is 11.6 Å². The Balaban J connectivity index is 2.07. The van der Waals surface area contributed by atoms with Crippen LogP contribution < -0.4 is 5.32 Å². The van der Waals surface area contributed by atoms with E-state index in [2.05, 4.69) is 26.2 Å². The number of rotatable bonds is 4. The first-order chi connectivity index (χ1) is 9.08. The molecule has 1 heterocycles. The highest BCUT2D eigenvalue weighted by Crippen LogP contribution is 2.17. The summed E-state index contributed by atoms with van der Waals surface area (Å²) in [6.45, 7) is 0.104. The maximum Gasteiger partial charge on any atom is 0.274 e. The molecule has 0 aliphatic heterocycles. The van der Waals surface area contributed by atoms with Gasteiger partial charge in [0.05, 0.1) is 4.92 Å². The summed E-state index contributed by atoms with van der Waals surface area (Å²) < 4.78 is 0.767. The first-order valence-electron chi connectivity index (χ1n) is 5.42. The molecule has 0 aliphatic carbocycles. The number of nitrogens with zero attached hydrogens (tertiary/aromatic N) is 1. The minimum Gasteiger partial charge on any atom is -0.356 e. The van der Waals surface area contributed by atoms with Crippen LogP contribution in [0.1, 0.15) is 16.1 Å². The molecule has 0 atom stereocenters. The van der Waals surface area contributed by atoms with E-state index in [4.69, 9.17) is 0 Å². The number of H-pyrrole nitrogens is 1. The molecule has 0 saturated heterocycles. The van der Waals surface area contributed by atoms with Gasteiger partial charge in [0.1, 0.15) is 5.69 Å². The van der Waals surface area contributed by atoms with Crippen molar-refractivity contribution in [3.63, 3.8) is 0 Å². The lowest BCUT2D eigenvalue weighted by molar-refractivity contribution is -0.385. The largest absolute Gasteiger partial charge is 0.356 e. The van der Waals surface area contributed by atoms with E-state index >= 15 is 0 Å². The highest BCUT2D eigenvalue weighted by Gasteiger charge is 2.14. The Bertz CT molecular complexity index is 624. The van der Waals surface area contributed by atoms with Crippen LogP contribution in [0.2, 0.25) is 0 Å². The van der Waals surface area contributed by atoms with Gasteiger partial charge in [-0.1, -0.05) is 18.2 Å². The lowest BCUT2D eigenvalue weighted by Gasteiger charge is -2.04. The summed E-state index contributed by atoms with van der Waals surface area (Å²) in [5, 5.41) is 13.4. The molecule has 98 valence electrons. The number of nitrogens with one attached hydrogen (secondary N) is 2. The average Bonchev–Trinajstić information content (AvgIpc) is 2.83. The molecule has 2 N–H and O–H groups in total. The minimum atomic E-state index is -0.466. The summed E-state index contributed by atoms with van der Waals surface area (Å²) in [5.41, 5.74) is 0.854. The zero-order valence-corrected chi connectivity index (χ0v) is 11.3. The molecule has 1 aromatic carbocycles. The van der Waals surface area contributed by atoms with Crippen LogP contribution in [0.5, 0.6) is 0 Å². The Morgan fingerprint density at radius 1 is 1.42 bits per heavy atom. The van der Waals surface area contributed by atoms with Gasteiger partial charge in [0.15, 0.2) is 0 Å². The van der Waals surface area contributed by atoms with E-state index in [1.165, 1.54) is 6.07 Å². The molecule has 0 radical (unpaired) electrons. The van der Waals surface area contributed by atoms with Crippen LogP contribution in [0.3, 0.4) is 0 Å². The van der Waals surface area contributed by atoms with Crippen molar-refractivity contribution in [2.24, 2.45) is 0 Å². The van der Waals surface area contributed by atoms with Gasteiger partial charge in [-0.2, -0.15) is 0 Å². The molecule has 0 saturated carbocycles. The van der Waals surface area contributed by atoms with E-state index in [0.29, 0.717) is 11.3 Å². The molecule has 2 rings (SSSR count). The van der Waals surface area contributed by atoms with Crippen molar-refractivity contribution in [2.45, 2.75) is 6.54 Å². The normalized spacial score (nSPS) is 10.2. The third-order valence-electron chi connectivity index (χ3n) is 2.52. The molecule has 0 bridgehead atoms. The lowest BCUT2D eigenvalue weighted by Crippen LogP contribution is -2.23. The van der Waals surface area contributed by atoms with E-state index in [1.807, 2.05) is 0 Å². The van der Waals surface area contributed by atoms with Crippen molar-refractivity contribution in [1.82, 2.24) is 10.3 Å². The molecule has 0 fully saturated rings. The fourth-order valence-corrected chi connectivity index (χ4v) is 1.95. The summed E-state index contributed by atoms with van der Waals surface area (Å²) in [5.74, 6) is -0.316.